The van der Waals surface area contributed by atoms with Gasteiger partial charge in [-0.2, -0.15) is 0 Å². The molecule has 0 fully saturated rings. The summed E-state index contributed by atoms with van der Waals surface area (Å²) in [5, 5.41) is 0. The fourth-order valence-corrected chi connectivity index (χ4v) is 15.8. The van der Waals surface area contributed by atoms with Crippen LogP contribution in [-0.4, -0.2) is 0 Å². The topological polar surface area (TPSA) is 19.4 Å². The standard InChI is InChI=1S/3C24H28N.2C23H26N/c1-16(2)21-14-24(25(6)15-19(21)5)23-13-22(17(3)12-18(23)4)20-10-8-7-9-11-20;1-16(2)23-15-25(6)24(13-19(23)5)22-14-21(17(3)12-18(22)4)20-10-8-7-9-11-20;1-6-19-14-24(25(5)16-20(19)7-2)23-15-22(17(3)13-18(23)4)21-11-9-8-10-12-21;1-6-19-15-24(5)23(13-16(19)2)22-14-21(17(3)12-18(22)4)20-10-8-7-9-11-20;1-6-19-13-23(24(5)15-18(19)4)22-14-21(16(2)12-17(22)3)20-10-8-7-9-11-20/h2*7-16H,1-6H3;8-16H,6-7H2,1-5H3;2*7-15H,6H2,1-5H3/q5*+1/i3D3,5D3,16D;3D3,16D;3D3,6D2,7D2;3D3,6D2;2D3,4D3,6D2. The second-order valence-electron chi connectivity index (χ2n) is 31.9. The van der Waals surface area contributed by atoms with E-state index < -0.39 is 85.2 Å². The zero-order valence-corrected chi connectivity index (χ0v) is 74.7. The molecule has 0 amide bonds. The first kappa shape index (κ1) is 58.1. The van der Waals surface area contributed by atoms with Crippen LogP contribution in [0, 0.1) is 96.4 Å². The Bertz CT molecular complexity index is 6980. The maximum Gasteiger partial charge on any atom is 0.212 e. The second kappa shape index (κ2) is 41.2. The Morgan fingerprint density at radius 1 is 0.228 bits per heavy atom. The first-order valence-corrected chi connectivity index (χ1v) is 41.3. The third kappa shape index (κ3) is 21.5. The van der Waals surface area contributed by atoms with Crippen molar-refractivity contribution >= 4 is 0 Å². The summed E-state index contributed by atoms with van der Waals surface area (Å²) in [4.78, 5) is 0. The molecule has 0 saturated heterocycles. The van der Waals surface area contributed by atoms with Gasteiger partial charge in [-0.05, 0) is 303 Å². The van der Waals surface area contributed by atoms with Crippen LogP contribution in [-0.2, 0) is 60.7 Å². The molecular formula is C118H136N5+5. The molecular weight excluding hydrogens is 1490 g/mol. The van der Waals surface area contributed by atoms with E-state index in [1.54, 1.807) is 130 Å². The fourth-order valence-electron chi connectivity index (χ4n) is 15.8. The van der Waals surface area contributed by atoms with Gasteiger partial charge in [-0.3, -0.25) is 0 Å². The summed E-state index contributed by atoms with van der Waals surface area (Å²) in [5.41, 5.74) is 25.6. The molecule has 5 heterocycles. The normalized spacial score (nSPS) is 16.1. The summed E-state index contributed by atoms with van der Waals surface area (Å²) >= 11 is 0. The van der Waals surface area contributed by atoms with E-state index in [0.717, 1.165) is 112 Å². The first-order valence-electron chi connectivity index (χ1n) is 56.8. The summed E-state index contributed by atoms with van der Waals surface area (Å²) in [5.74, 6) is -1.81. The highest BCUT2D eigenvalue weighted by molar-refractivity contribution is 5.81. The number of aromatic nitrogens is 5. The molecule has 5 aromatic heterocycles. The summed E-state index contributed by atoms with van der Waals surface area (Å²) < 4.78 is 259. The Hall–Kier alpha value is -12.1. The van der Waals surface area contributed by atoms with Gasteiger partial charge >= 0.3 is 0 Å². The highest BCUT2D eigenvalue weighted by Gasteiger charge is 2.25. The Kier molecular flexibility index (Phi) is 19.5. The third-order valence-electron chi connectivity index (χ3n) is 22.6. The molecule has 10 aromatic carbocycles. The highest BCUT2D eigenvalue weighted by atomic mass is 14.9. The van der Waals surface area contributed by atoms with Crippen molar-refractivity contribution in [3.63, 3.8) is 0 Å². The molecule has 0 aliphatic heterocycles. The van der Waals surface area contributed by atoms with Gasteiger partial charge in [0.25, 0.3) is 0 Å². The van der Waals surface area contributed by atoms with Crippen molar-refractivity contribution in [3.05, 3.63) is 385 Å². The van der Waals surface area contributed by atoms with E-state index in [2.05, 4.69) is 6.07 Å². The van der Waals surface area contributed by atoms with Gasteiger partial charge in [-0.15, -0.1) is 0 Å². The number of nitrogens with zero attached hydrogens (tertiary/aromatic N) is 5. The van der Waals surface area contributed by atoms with Crippen molar-refractivity contribution in [2.45, 2.75) is 189 Å². The molecule has 0 atom stereocenters. The molecule has 5 nitrogen and oxygen atoms in total. The minimum atomic E-state index is -2.47. The summed E-state index contributed by atoms with van der Waals surface area (Å²) in [6.45, 7) is 10.0. The largest absolute Gasteiger partial charge is 0.212 e. The van der Waals surface area contributed by atoms with Crippen molar-refractivity contribution in [3.8, 4) is 112 Å². The van der Waals surface area contributed by atoms with Crippen molar-refractivity contribution in [2.24, 2.45) is 35.2 Å². The Morgan fingerprint density at radius 2 is 0.480 bits per heavy atom. The van der Waals surface area contributed by atoms with Gasteiger partial charge in [0.1, 0.15) is 35.2 Å². The number of hydrogen-bond donors (Lipinski definition) is 0. The molecule has 0 radical (unpaired) electrons. The lowest BCUT2D eigenvalue weighted by atomic mass is 9.91. The molecule has 628 valence electrons. The molecule has 0 aliphatic rings. The second-order valence-corrected chi connectivity index (χ2v) is 31.9. The van der Waals surface area contributed by atoms with Crippen molar-refractivity contribution in [1.29, 1.82) is 0 Å². The third-order valence-corrected chi connectivity index (χ3v) is 22.6. The van der Waals surface area contributed by atoms with Crippen LogP contribution in [0.5, 0.6) is 0 Å². The molecule has 123 heavy (non-hydrogen) atoms. The van der Waals surface area contributed by atoms with E-state index in [9.17, 15) is 0 Å². The molecule has 0 bridgehead atoms. The number of rotatable bonds is 16. The fraction of sp³-hybridized carbons (Fsp3) is 0.280. The molecule has 0 saturated carbocycles. The van der Waals surface area contributed by atoms with E-state index in [1.807, 2.05) is 273 Å². The van der Waals surface area contributed by atoms with Crippen LogP contribution in [0.15, 0.2) is 274 Å². The minimum Gasteiger partial charge on any atom is -0.201 e. The van der Waals surface area contributed by atoms with E-state index in [-0.39, 0.29) is 44.5 Å². The lowest BCUT2D eigenvalue weighted by Crippen LogP contribution is -2.32. The maximum absolute atomic E-state index is 8.54. The van der Waals surface area contributed by atoms with E-state index >= 15 is 0 Å². The number of pyridine rings is 5. The van der Waals surface area contributed by atoms with Crippen LogP contribution in [0.3, 0.4) is 0 Å². The molecule has 15 aromatic rings. The number of benzene rings is 10. The molecule has 15 rings (SSSR count). The summed E-state index contributed by atoms with van der Waals surface area (Å²) in [7, 11) is 9.13. The van der Waals surface area contributed by atoms with Gasteiger partial charge in [-0.1, -0.05) is 237 Å². The van der Waals surface area contributed by atoms with Crippen LogP contribution >= 0.6 is 0 Å². The smallest absolute Gasteiger partial charge is 0.201 e. The Balaban J connectivity index is 0.000000182. The zero-order valence-electron chi connectivity index (χ0n) is 106. The SMILES string of the molecule is [2H]C([2H])([2H])c1cc(C)c(-c2cc(C([2H])(C)C)c(C([2H])([2H])[2H])c[n+]2C)cc1-c1ccccc1.[2H]C([2H])([2H])c1cc(C)c(-c2cc(C([2H])([2H])C)c(C([2H])([2H])C)c[n+]2C)cc1-c1ccccc1.[2H]C([2H])([2H])c1cc(C)c(-c2cc(C([2H])([2H])C)c(C([2H])([2H])[2H])c[n+]2C)cc1-c1ccccc1.[2H]C([2H])([2H])c1cc(C)c(-c2cc(C)c(C([2H])(C)C)c[n+]2C)cc1-c1ccccc1.[2H]C([2H])([2H])c1cc(C)c(-c2cc(C)c(C([2H])([2H])C)c[n+]2C)cc1-c1ccccc1. The maximum atomic E-state index is 8.54. The van der Waals surface area contributed by atoms with Gasteiger partial charge in [-0.25, -0.2) is 22.8 Å². The van der Waals surface area contributed by atoms with Crippen LogP contribution in [0.4, 0.5) is 0 Å². The Labute approximate surface area is 783 Å². The monoisotopic (exact) mass is 1650 g/mol. The highest BCUT2D eigenvalue weighted by Crippen LogP contribution is 2.39. The average molecular weight is 1660 g/mol. The van der Waals surface area contributed by atoms with E-state index in [1.165, 1.54) is 27.0 Å². The lowest BCUT2D eigenvalue weighted by molar-refractivity contribution is -0.661. The number of hydrogen-bond acceptors (Lipinski definition) is 0. The Morgan fingerprint density at radius 3 is 0.772 bits per heavy atom. The number of aryl methyl sites for hydroxylation is 23. The average Bonchev–Trinajstić information content (AvgIpc) is 0.765. The first-order chi connectivity index (χ1) is 70.6. The van der Waals surface area contributed by atoms with Gasteiger partial charge in [0.15, 0.2) is 31.0 Å². The summed E-state index contributed by atoms with van der Waals surface area (Å²) in [6, 6.07) is 74.2. The van der Waals surface area contributed by atoms with Gasteiger partial charge in [0.05, 0.1) is 0 Å². The van der Waals surface area contributed by atoms with Crippen LogP contribution in [0.1, 0.15) is 221 Å². The van der Waals surface area contributed by atoms with Crippen LogP contribution < -0.4 is 22.8 Å². The molecule has 0 N–H and O–H groups in total. The predicted molar refractivity (Wildman–Crippen MR) is 524 cm³/mol. The quantitative estimate of drug-likeness (QED) is 0.0859. The lowest BCUT2D eigenvalue weighted by Gasteiger charge is -2.14. The predicted octanol–water partition coefficient (Wildman–Crippen LogP) is 28.0. The van der Waals surface area contributed by atoms with Gasteiger partial charge in [0, 0.05) is 128 Å². The molecule has 0 aliphatic carbocycles. The van der Waals surface area contributed by atoms with E-state index in [4.69, 9.17) is 42.5 Å². The summed E-state index contributed by atoms with van der Waals surface area (Å²) in [6.07, 6.45) is 1.69. The minimum absolute atomic E-state index is 0.0451. The van der Waals surface area contributed by atoms with Crippen molar-refractivity contribution in [1.82, 2.24) is 0 Å². The zero-order chi connectivity index (χ0) is 115. The molecule has 0 unspecified atom stereocenters. The van der Waals surface area contributed by atoms with Gasteiger partial charge < -0.3 is 0 Å². The molecule has 0 spiro atoms. The van der Waals surface area contributed by atoms with Crippen molar-refractivity contribution in [2.75, 3.05) is 0 Å². The van der Waals surface area contributed by atoms with Gasteiger partial charge in [0.2, 0.25) is 28.5 Å². The molecule has 5 heteroatoms. The van der Waals surface area contributed by atoms with E-state index in [0.29, 0.717) is 67.0 Å². The van der Waals surface area contributed by atoms with Crippen LogP contribution in [0.2, 0.25) is 0 Å². The van der Waals surface area contributed by atoms with Crippen molar-refractivity contribution < 1.29 is 65.3 Å². The van der Waals surface area contributed by atoms with Crippen LogP contribution in [0.25, 0.3) is 112 Å².